The summed E-state index contributed by atoms with van der Waals surface area (Å²) in [4.78, 5) is 30.0. The Morgan fingerprint density at radius 1 is 1.31 bits per heavy atom. The molecule has 0 aliphatic rings. The summed E-state index contributed by atoms with van der Waals surface area (Å²) < 4.78 is 1.53. The quantitative estimate of drug-likeness (QED) is 0.346. The van der Waals surface area contributed by atoms with E-state index in [1.165, 1.54) is 21.9 Å². The number of nitrogens with one attached hydrogen (secondary N) is 1. The molecule has 1 unspecified atom stereocenters. The van der Waals surface area contributed by atoms with Crippen molar-refractivity contribution in [3.63, 3.8) is 0 Å². The van der Waals surface area contributed by atoms with Crippen molar-refractivity contribution in [2.75, 3.05) is 0 Å². The molecule has 0 fully saturated rings. The highest BCUT2D eigenvalue weighted by molar-refractivity contribution is 8.00. The molecule has 0 bridgehead atoms. The Morgan fingerprint density at radius 3 is 2.72 bits per heavy atom. The summed E-state index contributed by atoms with van der Waals surface area (Å²) in [5, 5.41) is 3.95. The summed E-state index contributed by atoms with van der Waals surface area (Å²) in [6, 6.07) is 13.0. The highest BCUT2D eigenvalue weighted by atomic mass is 35.5. The molecule has 1 atom stereocenters. The second-order valence-electron chi connectivity index (χ2n) is 6.72. The SMILES string of the molecule is C=CCn1c(SC(C)C(=O)NCc2ccc(C)cc2)nc2cc(Cl)ccc2c1=O. The molecule has 0 aliphatic heterocycles. The zero-order chi connectivity index (χ0) is 21.0. The maximum atomic E-state index is 12.9. The van der Waals surface area contributed by atoms with Gasteiger partial charge in [-0.15, -0.1) is 6.58 Å². The summed E-state index contributed by atoms with van der Waals surface area (Å²) >= 11 is 7.29. The Balaban J connectivity index is 1.80. The van der Waals surface area contributed by atoms with E-state index in [1.54, 1.807) is 31.2 Å². The molecule has 0 saturated carbocycles. The summed E-state index contributed by atoms with van der Waals surface area (Å²) in [5.41, 5.74) is 2.54. The van der Waals surface area contributed by atoms with Crippen molar-refractivity contribution >= 4 is 40.2 Å². The average molecular weight is 428 g/mol. The number of hydrogen-bond donors (Lipinski definition) is 1. The van der Waals surface area contributed by atoms with Crippen LogP contribution in [0.15, 0.2) is 65.1 Å². The van der Waals surface area contributed by atoms with Crippen LogP contribution in [0.2, 0.25) is 5.02 Å². The minimum absolute atomic E-state index is 0.124. The lowest BCUT2D eigenvalue weighted by atomic mass is 10.1. The lowest BCUT2D eigenvalue weighted by molar-refractivity contribution is -0.120. The molecule has 0 aliphatic carbocycles. The molecule has 0 radical (unpaired) electrons. The number of carbonyl (C=O) groups excluding carboxylic acids is 1. The Morgan fingerprint density at radius 2 is 2.03 bits per heavy atom. The van der Waals surface area contributed by atoms with Crippen LogP contribution in [0.1, 0.15) is 18.1 Å². The predicted molar refractivity (Wildman–Crippen MR) is 120 cm³/mol. The number of carbonyl (C=O) groups is 1. The third-order valence-electron chi connectivity index (χ3n) is 4.43. The van der Waals surface area contributed by atoms with Gasteiger partial charge in [0.15, 0.2) is 5.16 Å². The summed E-state index contributed by atoms with van der Waals surface area (Å²) in [6.07, 6.45) is 1.64. The Bertz CT molecular complexity index is 1110. The molecule has 0 saturated heterocycles. The number of aromatic nitrogens is 2. The lowest BCUT2D eigenvalue weighted by Crippen LogP contribution is -2.31. The van der Waals surface area contributed by atoms with Gasteiger partial charge in [-0.25, -0.2) is 4.98 Å². The monoisotopic (exact) mass is 427 g/mol. The third kappa shape index (κ3) is 5.08. The van der Waals surface area contributed by atoms with E-state index < -0.39 is 5.25 Å². The second kappa shape index (κ2) is 9.29. The number of halogens is 1. The van der Waals surface area contributed by atoms with Gasteiger partial charge in [0, 0.05) is 18.1 Å². The highest BCUT2D eigenvalue weighted by Gasteiger charge is 2.19. The number of nitrogens with zero attached hydrogens (tertiary/aromatic N) is 2. The topological polar surface area (TPSA) is 64.0 Å². The molecular formula is C22H22ClN3O2S. The molecule has 150 valence electrons. The molecule has 5 nitrogen and oxygen atoms in total. The molecule has 3 aromatic rings. The van der Waals surface area contributed by atoms with E-state index in [-0.39, 0.29) is 11.5 Å². The first-order valence-electron chi connectivity index (χ1n) is 9.20. The fourth-order valence-electron chi connectivity index (χ4n) is 2.80. The van der Waals surface area contributed by atoms with Gasteiger partial charge in [-0.1, -0.05) is 59.3 Å². The zero-order valence-corrected chi connectivity index (χ0v) is 17.9. The van der Waals surface area contributed by atoms with Crippen LogP contribution < -0.4 is 10.9 Å². The molecule has 1 aromatic heterocycles. The van der Waals surface area contributed by atoms with Gasteiger partial charge in [0.2, 0.25) is 5.91 Å². The van der Waals surface area contributed by atoms with Gasteiger partial charge in [0.05, 0.1) is 16.2 Å². The second-order valence-corrected chi connectivity index (χ2v) is 8.47. The summed E-state index contributed by atoms with van der Waals surface area (Å²) in [6.45, 7) is 8.29. The molecule has 0 spiro atoms. The maximum absolute atomic E-state index is 12.9. The highest BCUT2D eigenvalue weighted by Crippen LogP contribution is 2.24. The number of thioether (sulfide) groups is 1. The fourth-order valence-corrected chi connectivity index (χ4v) is 3.91. The average Bonchev–Trinajstić information content (AvgIpc) is 2.70. The van der Waals surface area contributed by atoms with E-state index in [0.717, 1.165) is 5.56 Å². The summed E-state index contributed by atoms with van der Waals surface area (Å²) in [7, 11) is 0. The largest absolute Gasteiger partial charge is 0.351 e. The Labute approximate surface area is 178 Å². The van der Waals surface area contributed by atoms with Crippen LogP contribution in [0.25, 0.3) is 10.9 Å². The van der Waals surface area contributed by atoms with Crippen LogP contribution in [0.3, 0.4) is 0 Å². The van der Waals surface area contributed by atoms with Crippen LogP contribution in [-0.2, 0) is 17.9 Å². The number of benzene rings is 2. The fraction of sp³-hybridized carbons (Fsp3) is 0.227. The number of amides is 1. The molecule has 1 N–H and O–H groups in total. The Kier molecular flexibility index (Phi) is 6.77. The van der Waals surface area contributed by atoms with Crippen LogP contribution in [-0.4, -0.2) is 20.7 Å². The van der Waals surface area contributed by atoms with Crippen LogP contribution in [0.5, 0.6) is 0 Å². The van der Waals surface area contributed by atoms with Crippen molar-refractivity contribution in [1.82, 2.24) is 14.9 Å². The van der Waals surface area contributed by atoms with Crippen molar-refractivity contribution in [3.05, 3.63) is 81.6 Å². The van der Waals surface area contributed by atoms with Gasteiger partial charge >= 0.3 is 0 Å². The van der Waals surface area contributed by atoms with E-state index in [0.29, 0.717) is 34.2 Å². The molecule has 1 amide bonds. The van der Waals surface area contributed by atoms with Crippen molar-refractivity contribution in [2.24, 2.45) is 0 Å². The molecule has 3 rings (SSSR count). The zero-order valence-electron chi connectivity index (χ0n) is 16.3. The van der Waals surface area contributed by atoms with Gasteiger partial charge in [-0.2, -0.15) is 0 Å². The van der Waals surface area contributed by atoms with Crippen molar-refractivity contribution < 1.29 is 4.79 Å². The normalized spacial score (nSPS) is 12.0. The first-order chi connectivity index (χ1) is 13.9. The molecular weight excluding hydrogens is 406 g/mol. The van der Waals surface area contributed by atoms with Gasteiger partial charge in [0.1, 0.15) is 0 Å². The first kappa shape index (κ1) is 21.1. The minimum atomic E-state index is -0.431. The third-order valence-corrected chi connectivity index (χ3v) is 5.76. The number of allylic oxidation sites excluding steroid dienone is 1. The summed E-state index contributed by atoms with van der Waals surface area (Å²) in [5.74, 6) is -0.124. The number of aryl methyl sites for hydroxylation is 1. The van der Waals surface area contributed by atoms with E-state index in [1.807, 2.05) is 31.2 Å². The van der Waals surface area contributed by atoms with E-state index in [9.17, 15) is 9.59 Å². The van der Waals surface area contributed by atoms with Crippen LogP contribution in [0, 0.1) is 6.92 Å². The van der Waals surface area contributed by atoms with E-state index in [4.69, 9.17) is 11.6 Å². The number of fused-ring (bicyclic) bond motifs is 1. The minimum Gasteiger partial charge on any atom is -0.351 e. The van der Waals surface area contributed by atoms with Gasteiger partial charge in [-0.05, 0) is 37.6 Å². The predicted octanol–water partition coefficient (Wildman–Crippen LogP) is 4.34. The first-order valence-corrected chi connectivity index (χ1v) is 10.5. The van der Waals surface area contributed by atoms with E-state index in [2.05, 4.69) is 16.9 Å². The van der Waals surface area contributed by atoms with Crippen LogP contribution in [0.4, 0.5) is 0 Å². The van der Waals surface area contributed by atoms with Gasteiger partial charge in [0.25, 0.3) is 5.56 Å². The molecule has 29 heavy (non-hydrogen) atoms. The maximum Gasteiger partial charge on any atom is 0.262 e. The smallest absolute Gasteiger partial charge is 0.262 e. The Hall–Kier alpha value is -2.57. The van der Waals surface area contributed by atoms with E-state index >= 15 is 0 Å². The van der Waals surface area contributed by atoms with Crippen LogP contribution >= 0.6 is 23.4 Å². The lowest BCUT2D eigenvalue weighted by Gasteiger charge is -2.15. The van der Waals surface area contributed by atoms with Crippen molar-refractivity contribution in [3.8, 4) is 0 Å². The number of rotatable bonds is 7. The van der Waals surface area contributed by atoms with Crippen molar-refractivity contribution in [2.45, 2.75) is 37.3 Å². The standard InChI is InChI=1S/C22H22ClN3O2S/c1-4-11-26-21(28)18-10-9-17(23)12-19(18)25-22(26)29-15(3)20(27)24-13-16-7-5-14(2)6-8-16/h4-10,12,15H,1,11,13H2,2-3H3,(H,24,27). The van der Waals surface area contributed by atoms with Gasteiger partial charge in [-0.3, -0.25) is 14.2 Å². The van der Waals surface area contributed by atoms with Crippen molar-refractivity contribution in [1.29, 1.82) is 0 Å². The molecule has 2 aromatic carbocycles. The molecule has 1 heterocycles. The van der Waals surface area contributed by atoms with Gasteiger partial charge < -0.3 is 5.32 Å². The molecule has 7 heteroatoms. The number of hydrogen-bond acceptors (Lipinski definition) is 4.